The summed E-state index contributed by atoms with van der Waals surface area (Å²) in [6.07, 6.45) is 1.70. The van der Waals surface area contributed by atoms with Crippen molar-refractivity contribution >= 4 is 40.7 Å². The van der Waals surface area contributed by atoms with Crippen LogP contribution in [0.5, 0.6) is 0 Å². The van der Waals surface area contributed by atoms with Gasteiger partial charge in [0.2, 0.25) is 0 Å². The zero-order chi connectivity index (χ0) is 12.3. The average Bonchev–Trinajstić information content (AvgIpc) is 2.29. The molecule has 17 heavy (non-hydrogen) atoms. The Labute approximate surface area is 110 Å². The lowest BCUT2D eigenvalue weighted by atomic mass is 10.3. The number of aryl methyl sites for hydroxylation is 1. The van der Waals surface area contributed by atoms with Gasteiger partial charge in [-0.05, 0) is 25.1 Å². The summed E-state index contributed by atoms with van der Waals surface area (Å²) in [5, 5.41) is 5.39. The first-order valence-corrected chi connectivity index (χ1v) is 5.85. The number of hydrogen-bond acceptors (Lipinski definition) is 4. The van der Waals surface area contributed by atoms with Gasteiger partial charge in [-0.3, -0.25) is 0 Å². The Morgan fingerprint density at radius 3 is 2.94 bits per heavy atom. The quantitative estimate of drug-likeness (QED) is 0.860. The van der Waals surface area contributed by atoms with Crippen molar-refractivity contribution in [3.05, 3.63) is 46.9 Å². The third kappa shape index (κ3) is 2.99. The molecule has 0 atom stereocenters. The molecule has 0 amide bonds. The van der Waals surface area contributed by atoms with Crippen molar-refractivity contribution in [1.82, 2.24) is 9.97 Å². The largest absolute Gasteiger partial charge is 0.340 e. The van der Waals surface area contributed by atoms with Crippen LogP contribution < -0.4 is 5.32 Å². The van der Waals surface area contributed by atoms with Gasteiger partial charge in [0.25, 0.3) is 0 Å². The van der Waals surface area contributed by atoms with Gasteiger partial charge >= 0.3 is 0 Å². The standard InChI is InChI=1S/C12H10ClN3S/c1-8-14-6-9(7-17)12(15-8)16-11-4-2-3-10(13)5-11/h2-7H,1H3,(H,14,15,16). The van der Waals surface area contributed by atoms with Gasteiger partial charge < -0.3 is 5.32 Å². The highest BCUT2D eigenvalue weighted by molar-refractivity contribution is 7.79. The first-order valence-electron chi connectivity index (χ1n) is 5.00. The Morgan fingerprint density at radius 2 is 2.24 bits per heavy atom. The Kier molecular flexibility index (Phi) is 3.66. The van der Waals surface area contributed by atoms with E-state index >= 15 is 0 Å². The summed E-state index contributed by atoms with van der Waals surface area (Å²) in [7, 11) is 0. The van der Waals surface area contributed by atoms with Gasteiger partial charge in [0, 0.05) is 27.8 Å². The molecule has 2 rings (SSSR count). The number of thiocarbonyl (C=S) groups is 1. The van der Waals surface area contributed by atoms with E-state index < -0.39 is 0 Å². The van der Waals surface area contributed by atoms with Crippen LogP contribution in [0.25, 0.3) is 0 Å². The maximum Gasteiger partial charge on any atom is 0.142 e. The first kappa shape index (κ1) is 12.0. The molecule has 0 aliphatic heterocycles. The summed E-state index contributed by atoms with van der Waals surface area (Å²) in [5.74, 6) is 1.38. The smallest absolute Gasteiger partial charge is 0.142 e. The number of benzene rings is 1. The molecule has 0 bridgehead atoms. The van der Waals surface area contributed by atoms with Gasteiger partial charge in [-0.15, -0.1) is 0 Å². The molecule has 0 aliphatic rings. The highest BCUT2D eigenvalue weighted by Gasteiger charge is 2.03. The van der Waals surface area contributed by atoms with Crippen LogP contribution in [0.15, 0.2) is 30.5 Å². The molecule has 0 radical (unpaired) electrons. The van der Waals surface area contributed by atoms with Crippen LogP contribution in [0, 0.1) is 6.92 Å². The highest BCUT2D eigenvalue weighted by atomic mass is 35.5. The molecule has 2 aromatic rings. The van der Waals surface area contributed by atoms with Gasteiger partial charge in [-0.2, -0.15) is 0 Å². The number of rotatable bonds is 3. The van der Waals surface area contributed by atoms with E-state index in [0.717, 1.165) is 11.3 Å². The van der Waals surface area contributed by atoms with Crippen LogP contribution >= 0.6 is 23.8 Å². The van der Waals surface area contributed by atoms with Crippen LogP contribution in [0.4, 0.5) is 11.5 Å². The normalized spacial score (nSPS) is 10.0. The molecule has 0 fully saturated rings. The minimum absolute atomic E-state index is 0.671. The van der Waals surface area contributed by atoms with Crippen molar-refractivity contribution in [3.8, 4) is 0 Å². The number of hydrogen-bond donors (Lipinski definition) is 1. The third-order valence-electron chi connectivity index (χ3n) is 2.15. The van der Waals surface area contributed by atoms with Crippen LogP contribution in [-0.4, -0.2) is 15.3 Å². The predicted molar refractivity (Wildman–Crippen MR) is 74.3 cm³/mol. The fourth-order valence-corrected chi connectivity index (χ4v) is 1.73. The summed E-state index contributed by atoms with van der Waals surface area (Å²) in [6.45, 7) is 1.83. The Bertz CT molecular complexity index is 557. The topological polar surface area (TPSA) is 37.8 Å². The van der Waals surface area contributed by atoms with Gasteiger partial charge in [0.1, 0.15) is 11.6 Å². The summed E-state index contributed by atoms with van der Waals surface area (Å²) in [4.78, 5) is 8.40. The third-order valence-corrected chi connectivity index (χ3v) is 2.64. The van der Waals surface area contributed by atoms with E-state index in [1.54, 1.807) is 11.6 Å². The van der Waals surface area contributed by atoms with Crippen molar-refractivity contribution < 1.29 is 0 Å². The first-order chi connectivity index (χ1) is 8.19. The molecule has 0 aliphatic carbocycles. The van der Waals surface area contributed by atoms with Gasteiger partial charge in [0.05, 0.1) is 0 Å². The van der Waals surface area contributed by atoms with Crippen LogP contribution in [0.2, 0.25) is 5.02 Å². The highest BCUT2D eigenvalue weighted by Crippen LogP contribution is 2.20. The minimum Gasteiger partial charge on any atom is -0.340 e. The number of nitrogens with zero attached hydrogens (tertiary/aromatic N) is 2. The molecule has 1 aromatic heterocycles. The fourth-order valence-electron chi connectivity index (χ4n) is 1.37. The molecule has 0 saturated carbocycles. The molecule has 1 heterocycles. The van der Waals surface area contributed by atoms with Gasteiger partial charge in [-0.1, -0.05) is 29.9 Å². The summed E-state index contributed by atoms with van der Waals surface area (Å²) < 4.78 is 0. The summed E-state index contributed by atoms with van der Waals surface area (Å²) in [5.41, 5.74) is 1.65. The Morgan fingerprint density at radius 1 is 1.41 bits per heavy atom. The molecular weight excluding hydrogens is 254 g/mol. The van der Waals surface area contributed by atoms with Crippen molar-refractivity contribution in [1.29, 1.82) is 0 Å². The van der Waals surface area contributed by atoms with Gasteiger partial charge in [-0.25, -0.2) is 9.97 Å². The molecule has 0 spiro atoms. The summed E-state index contributed by atoms with van der Waals surface area (Å²) >= 11 is 10.8. The zero-order valence-corrected chi connectivity index (χ0v) is 10.7. The van der Waals surface area contributed by atoms with E-state index in [9.17, 15) is 0 Å². The molecule has 0 unspecified atom stereocenters. The second kappa shape index (κ2) is 5.21. The van der Waals surface area contributed by atoms with Crippen LogP contribution in [0.3, 0.4) is 0 Å². The molecular formula is C12H10ClN3S. The lowest BCUT2D eigenvalue weighted by Gasteiger charge is -2.08. The SMILES string of the molecule is Cc1ncc(C=S)c(Nc2cccc(Cl)c2)n1. The van der Waals surface area contributed by atoms with Crippen LogP contribution in [-0.2, 0) is 0 Å². The van der Waals surface area contributed by atoms with E-state index in [1.807, 2.05) is 31.2 Å². The molecule has 5 heteroatoms. The Balaban J connectivity index is 2.35. The van der Waals surface area contributed by atoms with Crippen molar-refractivity contribution in [2.45, 2.75) is 6.92 Å². The molecule has 0 saturated heterocycles. The molecule has 86 valence electrons. The van der Waals surface area contributed by atoms with Crippen molar-refractivity contribution in [2.75, 3.05) is 5.32 Å². The molecule has 3 nitrogen and oxygen atoms in total. The zero-order valence-electron chi connectivity index (χ0n) is 9.14. The second-order valence-electron chi connectivity index (χ2n) is 3.47. The molecule has 1 N–H and O–H groups in total. The lowest BCUT2D eigenvalue weighted by Crippen LogP contribution is -2.01. The number of anilines is 2. The summed E-state index contributed by atoms with van der Waals surface area (Å²) in [6, 6.07) is 7.43. The maximum absolute atomic E-state index is 5.91. The fraction of sp³-hybridized carbons (Fsp3) is 0.0833. The van der Waals surface area contributed by atoms with E-state index in [2.05, 4.69) is 15.3 Å². The van der Waals surface area contributed by atoms with Gasteiger partial charge in [0.15, 0.2) is 0 Å². The van der Waals surface area contributed by atoms with E-state index in [0.29, 0.717) is 16.7 Å². The average molecular weight is 264 g/mol. The second-order valence-corrected chi connectivity index (χ2v) is 4.15. The minimum atomic E-state index is 0.671. The van der Waals surface area contributed by atoms with Crippen molar-refractivity contribution in [2.24, 2.45) is 0 Å². The number of nitrogens with one attached hydrogen (secondary N) is 1. The lowest BCUT2D eigenvalue weighted by molar-refractivity contribution is 1.05. The van der Waals surface area contributed by atoms with E-state index in [4.69, 9.17) is 23.8 Å². The predicted octanol–water partition coefficient (Wildman–Crippen LogP) is 3.53. The number of halogens is 1. The Hall–Kier alpha value is -1.52. The maximum atomic E-state index is 5.91. The number of aromatic nitrogens is 2. The molecule has 1 aromatic carbocycles. The van der Waals surface area contributed by atoms with E-state index in [1.165, 1.54) is 0 Å². The monoisotopic (exact) mass is 263 g/mol. The van der Waals surface area contributed by atoms with Crippen molar-refractivity contribution in [3.63, 3.8) is 0 Å². The van der Waals surface area contributed by atoms with Crippen LogP contribution in [0.1, 0.15) is 11.4 Å². The van der Waals surface area contributed by atoms with E-state index in [-0.39, 0.29) is 0 Å².